The van der Waals surface area contributed by atoms with Crippen molar-refractivity contribution >= 4 is 6.21 Å². The fourth-order valence-electron chi connectivity index (χ4n) is 0.378. The van der Waals surface area contributed by atoms with Crippen LogP contribution in [0.15, 0.2) is 17.4 Å². The van der Waals surface area contributed by atoms with Gasteiger partial charge in [-0.05, 0) is 6.42 Å². The SMILES string of the molecule is C=C(/N=C\CC)NNC. The zero-order valence-corrected chi connectivity index (χ0v) is 5.94. The molecule has 0 aliphatic rings. The minimum atomic E-state index is 0.638. The van der Waals surface area contributed by atoms with Crippen LogP contribution in [0, 0.1) is 0 Å². The van der Waals surface area contributed by atoms with Crippen molar-refractivity contribution in [2.45, 2.75) is 13.3 Å². The summed E-state index contributed by atoms with van der Waals surface area (Å²) in [7, 11) is 1.77. The number of aliphatic imine (C=N–C) groups is 1. The van der Waals surface area contributed by atoms with Gasteiger partial charge in [0.1, 0.15) is 5.82 Å². The summed E-state index contributed by atoms with van der Waals surface area (Å²) in [6.07, 6.45) is 2.73. The van der Waals surface area contributed by atoms with Gasteiger partial charge in [0, 0.05) is 13.3 Å². The quantitative estimate of drug-likeness (QED) is 0.430. The summed E-state index contributed by atoms with van der Waals surface area (Å²) in [5.74, 6) is 0.638. The molecule has 0 rings (SSSR count). The second-order valence-corrected chi connectivity index (χ2v) is 1.54. The maximum atomic E-state index is 3.94. The maximum Gasteiger partial charge on any atom is 0.132 e. The average Bonchev–Trinajstić information content (AvgIpc) is 1.85. The van der Waals surface area contributed by atoms with E-state index in [0.29, 0.717) is 5.82 Å². The highest BCUT2D eigenvalue weighted by atomic mass is 15.4. The first-order valence-corrected chi connectivity index (χ1v) is 2.95. The summed E-state index contributed by atoms with van der Waals surface area (Å²) in [5.41, 5.74) is 5.45. The number of nitrogens with zero attached hydrogens (tertiary/aromatic N) is 1. The normalized spacial score (nSPS) is 10.0. The van der Waals surface area contributed by atoms with Gasteiger partial charge in [0.25, 0.3) is 0 Å². The Hall–Kier alpha value is -0.830. The Bertz CT molecular complexity index is 107. The highest BCUT2D eigenvalue weighted by molar-refractivity contribution is 5.57. The first-order valence-electron chi connectivity index (χ1n) is 2.95. The van der Waals surface area contributed by atoms with Crippen molar-refractivity contribution in [1.29, 1.82) is 0 Å². The van der Waals surface area contributed by atoms with E-state index in [1.54, 1.807) is 13.3 Å². The Balaban J connectivity index is 3.37. The van der Waals surface area contributed by atoms with Crippen molar-refractivity contribution in [1.82, 2.24) is 10.9 Å². The van der Waals surface area contributed by atoms with E-state index in [4.69, 9.17) is 0 Å². The van der Waals surface area contributed by atoms with Crippen LogP contribution in [-0.4, -0.2) is 13.3 Å². The minimum Gasteiger partial charge on any atom is -0.307 e. The van der Waals surface area contributed by atoms with E-state index in [1.807, 2.05) is 6.92 Å². The molecule has 0 atom stereocenters. The number of nitrogens with one attached hydrogen (secondary N) is 2. The second kappa shape index (κ2) is 5.31. The van der Waals surface area contributed by atoms with Crippen molar-refractivity contribution in [3.05, 3.63) is 12.4 Å². The fraction of sp³-hybridized carbons (Fsp3) is 0.500. The number of hydrazine groups is 1. The van der Waals surface area contributed by atoms with E-state index in [-0.39, 0.29) is 0 Å². The predicted molar refractivity (Wildman–Crippen MR) is 40.1 cm³/mol. The van der Waals surface area contributed by atoms with Crippen LogP contribution >= 0.6 is 0 Å². The topological polar surface area (TPSA) is 36.4 Å². The van der Waals surface area contributed by atoms with Gasteiger partial charge in [-0.15, -0.1) is 0 Å². The van der Waals surface area contributed by atoms with Gasteiger partial charge in [-0.25, -0.2) is 10.4 Å². The summed E-state index contributed by atoms with van der Waals surface area (Å²) in [4.78, 5) is 3.94. The van der Waals surface area contributed by atoms with E-state index in [2.05, 4.69) is 22.4 Å². The van der Waals surface area contributed by atoms with Crippen LogP contribution in [-0.2, 0) is 0 Å². The van der Waals surface area contributed by atoms with E-state index < -0.39 is 0 Å². The van der Waals surface area contributed by atoms with Crippen molar-refractivity contribution in [3.8, 4) is 0 Å². The molecule has 0 amide bonds. The van der Waals surface area contributed by atoms with Crippen molar-refractivity contribution < 1.29 is 0 Å². The Morgan fingerprint density at radius 2 is 2.44 bits per heavy atom. The fourth-order valence-corrected chi connectivity index (χ4v) is 0.378. The average molecular weight is 127 g/mol. The molecule has 3 heteroatoms. The summed E-state index contributed by atoms with van der Waals surface area (Å²) in [6.45, 7) is 5.63. The molecule has 0 bridgehead atoms. The molecule has 2 N–H and O–H groups in total. The van der Waals surface area contributed by atoms with Gasteiger partial charge in [-0.2, -0.15) is 0 Å². The van der Waals surface area contributed by atoms with Gasteiger partial charge >= 0.3 is 0 Å². The Labute approximate surface area is 55.8 Å². The highest BCUT2D eigenvalue weighted by Crippen LogP contribution is 1.81. The molecule has 0 heterocycles. The molecule has 0 spiro atoms. The molecule has 0 aliphatic heterocycles. The van der Waals surface area contributed by atoms with Crippen molar-refractivity contribution in [3.63, 3.8) is 0 Å². The van der Waals surface area contributed by atoms with E-state index in [1.165, 1.54) is 0 Å². The van der Waals surface area contributed by atoms with E-state index in [0.717, 1.165) is 6.42 Å². The highest BCUT2D eigenvalue weighted by Gasteiger charge is 1.78. The lowest BCUT2D eigenvalue weighted by Gasteiger charge is -1.99. The number of hydrogen-bond acceptors (Lipinski definition) is 3. The minimum absolute atomic E-state index is 0.638. The lowest BCUT2D eigenvalue weighted by Crippen LogP contribution is -2.25. The molecule has 0 fully saturated rings. The Morgan fingerprint density at radius 1 is 1.78 bits per heavy atom. The molecular formula is C6H13N3. The Kier molecular flexibility index (Phi) is 4.82. The molecule has 0 aliphatic carbocycles. The van der Waals surface area contributed by atoms with Crippen molar-refractivity contribution in [2.75, 3.05) is 7.05 Å². The van der Waals surface area contributed by atoms with Crippen LogP contribution < -0.4 is 10.9 Å². The van der Waals surface area contributed by atoms with Crippen molar-refractivity contribution in [2.24, 2.45) is 4.99 Å². The third-order valence-corrected chi connectivity index (χ3v) is 0.699. The zero-order chi connectivity index (χ0) is 7.11. The van der Waals surface area contributed by atoms with Gasteiger partial charge < -0.3 is 5.43 Å². The zero-order valence-electron chi connectivity index (χ0n) is 5.94. The second-order valence-electron chi connectivity index (χ2n) is 1.54. The van der Waals surface area contributed by atoms with Crippen LogP contribution in [0.5, 0.6) is 0 Å². The molecule has 9 heavy (non-hydrogen) atoms. The first kappa shape index (κ1) is 8.17. The first-order chi connectivity index (χ1) is 4.31. The standard InChI is InChI=1S/C6H13N3/c1-4-5-8-6(2)9-7-3/h5,7,9H,2,4H2,1,3H3/b8-5-. The van der Waals surface area contributed by atoms with Crippen LogP contribution in [0.3, 0.4) is 0 Å². The summed E-state index contributed by atoms with van der Waals surface area (Å²) in [5, 5.41) is 0. The molecule has 3 nitrogen and oxygen atoms in total. The lowest BCUT2D eigenvalue weighted by atomic mass is 10.5. The van der Waals surface area contributed by atoms with Crippen LogP contribution in [0.2, 0.25) is 0 Å². The molecular weight excluding hydrogens is 114 g/mol. The van der Waals surface area contributed by atoms with Crippen LogP contribution in [0.4, 0.5) is 0 Å². The molecule has 0 aromatic heterocycles. The van der Waals surface area contributed by atoms with Gasteiger partial charge in [-0.1, -0.05) is 13.5 Å². The van der Waals surface area contributed by atoms with E-state index >= 15 is 0 Å². The third kappa shape index (κ3) is 5.03. The van der Waals surface area contributed by atoms with Crippen LogP contribution in [0.25, 0.3) is 0 Å². The van der Waals surface area contributed by atoms with Gasteiger partial charge in [0.15, 0.2) is 0 Å². The maximum absolute atomic E-state index is 3.94. The van der Waals surface area contributed by atoms with E-state index in [9.17, 15) is 0 Å². The third-order valence-electron chi connectivity index (χ3n) is 0.699. The largest absolute Gasteiger partial charge is 0.307 e. The van der Waals surface area contributed by atoms with Gasteiger partial charge in [-0.3, -0.25) is 0 Å². The van der Waals surface area contributed by atoms with Crippen LogP contribution in [0.1, 0.15) is 13.3 Å². The number of hydrogen-bond donors (Lipinski definition) is 2. The smallest absolute Gasteiger partial charge is 0.132 e. The predicted octanol–water partition coefficient (Wildman–Crippen LogP) is 0.662. The molecule has 0 aromatic rings. The lowest BCUT2D eigenvalue weighted by molar-refractivity contribution is 0.685. The molecule has 0 saturated heterocycles. The molecule has 0 radical (unpaired) electrons. The summed E-state index contributed by atoms with van der Waals surface area (Å²) < 4.78 is 0. The number of rotatable bonds is 4. The Morgan fingerprint density at radius 3 is 2.89 bits per heavy atom. The summed E-state index contributed by atoms with van der Waals surface area (Å²) >= 11 is 0. The van der Waals surface area contributed by atoms with Gasteiger partial charge in [0.2, 0.25) is 0 Å². The monoisotopic (exact) mass is 127 g/mol. The molecule has 0 saturated carbocycles. The molecule has 52 valence electrons. The molecule has 0 unspecified atom stereocenters. The molecule has 0 aromatic carbocycles. The van der Waals surface area contributed by atoms with Gasteiger partial charge in [0.05, 0.1) is 0 Å². The summed E-state index contributed by atoms with van der Waals surface area (Å²) in [6, 6.07) is 0.